The minimum Gasteiger partial charge on any atom is -0.352 e. The third-order valence-corrected chi connectivity index (χ3v) is 3.72. The predicted octanol–water partition coefficient (Wildman–Crippen LogP) is 3.62. The molecule has 3 nitrogen and oxygen atoms in total. The number of aryl methyl sites for hydroxylation is 1. The maximum atomic E-state index is 13.0. The van der Waals surface area contributed by atoms with Crippen molar-refractivity contribution < 1.29 is 9.18 Å². The van der Waals surface area contributed by atoms with E-state index >= 15 is 0 Å². The highest BCUT2D eigenvalue weighted by Crippen LogP contribution is 2.20. The normalized spacial score (nSPS) is 10.7. The van der Waals surface area contributed by atoms with Crippen LogP contribution in [0.15, 0.2) is 24.3 Å². The fourth-order valence-electron chi connectivity index (χ4n) is 2.06. The number of hydrogen-bond acceptors (Lipinski definition) is 1. The molecular formula is C15H16ClFN2O. The smallest absolute Gasteiger partial charge is 0.228 e. The van der Waals surface area contributed by atoms with E-state index in [9.17, 15) is 9.18 Å². The first kappa shape index (κ1) is 14.6. The van der Waals surface area contributed by atoms with Gasteiger partial charge < -0.3 is 9.88 Å². The highest BCUT2D eigenvalue weighted by Gasteiger charge is 2.11. The van der Waals surface area contributed by atoms with Gasteiger partial charge in [-0.2, -0.15) is 0 Å². The molecule has 0 bridgehead atoms. The Morgan fingerprint density at radius 1 is 1.35 bits per heavy atom. The van der Waals surface area contributed by atoms with Crippen LogP contribution < -0.4 is 5.32 Å². The van der Waals surface area contributed by atoms with Crippen molar-refractivity contribution in [1.82, 2.24) is 4.57 Å². The molecule has 0 saturated carbocycles. The summed E-state index contributed by atoms with van der Waals surface area (Å²) in [4.78, 5) is 12.0. The lowest BCUT2D eigenvalue weighted by atomic mass is 10.1. The quantitative estimate of drug-likeness (QED) is 0.922. The second-order valence-electron chi connectivity index (χ2n) is 4.81. The molecule has 0 unspecified atom stereocenters. The molecule has 0 atom stereocenters. The Morgan fingerprint density at radius 2 is 2.05 bits per heavy atom. The molecule has 5 heteroatoms. The van der Waals surface area contributed by atoms with Gasteiger partial charge in [0.15, 0.2) is 0 Å². The molecule has 20 heavy (non-hydrogen) atoms. The van der Waals surface area contributed by atoms with Crippen LogP contribution in [-0.4, -0.2) is 10.5 Å². The van der Waals surface area contributed by atoms with E-state index in [-0.39, 0.29) is 17.4 Å². The average Bonchev–Trinajstić information content (AvgIpc) is 2.61. The highest BCUT2D eigenvalue weighted by molar-refractivity contribution is 6.31. The molecule has 1 amide bonds. The number of aromatic nitrogens is 1. The summed E-state index contributed by atoms with van der Waals surface area (Å²) in [6.45, 7) is 3.97. The number of carbonyl (C=O) groups is 1. The molecule has 0 spiro atoms. The Balaban J connectivity index is 2.09. The summed E-state index contributed by atoms with van der Waals surface area (Å²) in [6, 6.07) is 6.11. The van der Waals surface area contributed by atoms with Gasteiger partial charge in [0.25, 0.3) is 0 Å². The third-order valence-electron chi connectivity index (χ3n) is 3.43. The molecule has 0 aliphatic carbocycles. The van der Waals surface area contributed by atoms with Crippen LogP contribution in [0.5, 0.6) is 0 Å². The Hall–Kier alpha value is -1.81. The first-order chi connectivity index (χ1) is 9.38. The average molecular weight is 295 g/mol. The van der Waals surface area contributed by atoms with Crippen LogP contribution in [0.25, 0.3) is 0 Å². The minimum absolute atomic E-state index is 0.00506. The van der Waals surface area contributed by atoms with Gasteiger partial charge in [-0.25, -0.2) is 4.39 Å². The molecule has 1 heterocycles. The Morgan fingerprint density at radius 3 is 2.60 bits per heavy atom. The molecule has 0 aliphatic rings. The molecule has 0 fully saturated rings. The van der Waals surface area contributed by atoms with Crippen molar-refractivity contribution in [3.63, 3.8) is 0 Å². The number of nitrogens with zero attached hydrogens (tertiary/aromatic N) is 1. The third kappa shape index (κ3) is 3.02. The number of benzene rings is 1. The predicted molar refractivity (Wildman–Crippen MR) is 78.6 cm³/mol. The number of carbonyl (C=O) groups excluding carboxylic acids is 1. The van der Waals surface area contributed by atoms with Gasteiger partial charge in [0.1, 0.15) is 5.82 Å². The van der Waals surface area contributed by atoms with Gasteiger partial charge in [0.2, 0.25) is 5.91 Å². The molecule has 0 aliphatic heterocycles. The van der Waals surface area contributed by atoms with Crippen LogP contribution in [0.4, 0.5) is 10.1 Å². The van der Waals surface area contributed by atoms with Crippen LogP contribution in [0.3, 0.4) is 0 Å². The summed E-state index contributed by atoms with van der Waals surface area (Å²) in [7, 11) is 1.96. The molecule has 2 aromatic rings. The van der Waals surface area contributed by atoms with Crippen molar-refractivity contribution in [2.24, 2.45) is 7.05 Å². The van der Waals surface area contributed by atoms with Gasteiger partial charge in [-0.15, -0.1) is 0 Å². The summed E-state index contributed by atoms with van der Waals surface area (Å²) >= 11 is 5.68. The van der Waals surface area contributed by atoms with Crippen molar-refractivity contribution in [3.8, 4) is 0 Å². The first-order valence-corrected chi connectivity index (χ1v) is 6.63. The van der Waals surface area contributed by atoms with E-state index in [1.807, 2.05) is 31.5 Å². The van der Waals surface area contributed by atoms with E-state index < -0.39 is 5.82 Å². The van der Waals surface area contributed by atoms with E-state index in [0.717, 1.165) is 17.0 Å². The maximum Gasteiger partial charge on any atom is 0.228 e. The maximum absolute atomic E-state index is 13.0. The second-order valence-corrected chi connectivity index (χ2v) is 5.22. The number of nitrogens with one attached hydrogen (secondary N) is 1. The lowest BCUT2D eigenvalue weighted by Gasteiger charge is -2.06. The zero-order chi connectivity index (χ0) is 14.9. The highest BCUT2D eigenvalue weighted by atomic mass is 35.5. The second kappa shape index (κ2) is 5.67. The van der Waals surface area contributed by atoms with E-state index in [1.165, 1.54) is 18.2 Å². The van der Waals surface area contributed by atoms with E-state index in [1.54, 1.807) is 0 Å². The van der Waals surface area contributed by atoms with Gasteiger partial charge in [-0.05, 0) is 43.7 Å². The molecule has 1 aromatic heterocycles. The van der Waals surface area contributed by atoms with Gasteiger partial charge >= 0.3 is 0 Å². The Bertz CT molecular complexity index is 664. The first-order valence-electron chi connectivity index (χ1n) is 6.25. The standard InChI is InChI=1S/C15H16ClFN2O/c1-9-6-11(10(2)19(9)3)7-15(20)18-12-4-5-14(17)13(16)8-12/h4-6,8H,7H2,1-3H3,(H,18,20). The molecular weight excluding hydrogens is 279 g/mol. The summed E-state index contributed by atoms with van der Waals surface area (Å²) in [5, 5.41) is 2.71. The molecule has 2 rings (SSSR count). The molecule has 1 aromatic carbocycles. The van der Waals surface area contributed by atoms with E-state index in [4.69, 9.17) is 11.6 Å². The molecule has 1 N–H and O–H groups in total. The van der Waals surface area contributed by atoms with Crippen molar-refractivity contribution in [1.29, 1.82) is 0 Å². The fourth-order valence-corrected chi connectivity index (χ4v) is 2.24. The topological polar surface area (TPSA) is 34.0 Å². The Labute approximate surface area is 122 Å². The number of halogens is 2. The SMILES string of the molecule is Cc1cc(CC(=O)Nc2ccc(F)c(Cl)c2)c(C)n1C. The van der Waals surface area contributed by atoms with Crippen molar-refractivity contribution in [2.45, 2.75) is 20.3 Å². The fraction of sp³-hybridized carbons (Fsp3) is 0.267. The number of anilines is 1. The Kier molecular flexibility index (Phi) is 4.14. The van der Waals surface area contributed by atoms with Crippen LogP contribution in [0.2, 0.25) is 5.02 Å². The van der Waals surface area contributed by atoms with Crippen LogP contribution in [0.1, 0.15) is 17.0 Å². The summed E-state index contributed by atoms with van der Waals surface area (Å²) in [6.07, 6.45) is 0.280. The van der Waals surface area contributed by atoms with Gasteiger partial charge in [-0.3, -0.25) is 4.79 Å². The van der Waals surface area contributed by atoms with E-state index in [0.29, 0.717) is 5.69 Å². The minimum atomic E-state index is -0.501. The summed E-state index contributed by atoms with van der Waals surface area (Å²) < 4.78 is 15.1. The largest absolute Gasteiger partial charge is 0.352 e. The monoisotopic (exact) mass is 294 g/mol. The molecule has 0 saturated heterocycles. The van der Waals surface area contributed by atoms with Gasteiger partial charge in [-0.1, -0.05) is 11.6 Å². The zero-order valence-electron chi connectivity index (χ0n) is 11.6. The van der Waals surface area contributed by atoms with Crippen molar-refractivity contribution in [2.75, 3.05) is 5.32 Å². The van der Waals surface area contributed by atoms with Crippen molar-refractivity contribution in [3.05, 3.63) is 52.1 Å². The molecule has 106 valence electrons. The van der Waals surface area contributed by atoms with Gasteiger partial charge in [0, 0.05) is 24.1 Å². The lowest BCUT2D eigenvalue weighted by molar-refractivity contribution is -0.115. The van der Waals surface area contributed by atoms with Gasteiger partial charge in [0.05, 0.1) is 11.4 Å². The van der Waals surface area contributed by atoms with Crippen LogP contribution in [-0.2, 0) is 18.3 Å². The number of rotatable bonds is 3. The lowest BCUT2D eigenvalue weighted by Crippen LogP contribution is -2.14. The van der Waals surface area contributed by atoms with Crippen molar-refractivity contribution >= 4 is 23.2 Å². The van der Waals surface area contributed by atoms with Crippen LogP contribution in [0, 0.1) is 19.7 Å². The number of amides is 1. The summed E-state index contributed by atoms with van der Waals surface area (Å²) in [5.74, 6) is -0.652. The van der Waals surface area contributed by atoms with Crippen LogP contribution >= 0.6 is 11.6 Å². The zero-order valence-corrected chi connectivity index (χ0v) is 12.4. The molecule has 0 radical (unpaired) electrons. The number of hydrogen-bond donors (Lipinski definition) is 1. The van der Waals surface area contributed by atoms with E-state index in [2.05, 4.69) is 5.32 Å². The summed E-state index contributed by atoms with van der Waals surface area (Å²) in [5.41, 5.74) is 3.65.